The monoisotopic (exact) mass is 248 g/mol. The third-order valence-corrected chi connectivity index (χ3v) is 3.63. The van der Waals surface area contributed by atoms with E-state index in [0.717, 1.165) is 6.42 Å². The summed E-state index contributed by atoms with van der Waals surface area (Å²) in [7, 11) is 0. The van der Waals surface area contributed by atoms with Gasteiger partial charge in [-0.15, -0.1) is 0 Å². The molecule has 1 heteroatoms. The van der Waals surface area contributed by atoms with Crippen LogP contribution in [0, 0.1) is 6.92 Å². The molecule has 0 radical (unpaired) electrons. The molecular weight excluding hydrogens is 220 g/mol. The molecule has 0 aliphatic carbocycles. The minimum atomic E-state index is 0.382. The Kier molecular flexibility index (Phi) is 7.55. The second-order valence-corrected chi connectivity index (χ2v) is 5.34. The molecule has 0 unspecified atom stereocenters. The van der Waals surface area contributed by atoms with Crippen molar-refractivity contribution in [1.82, 2.24) is 0 Å². The summed E-state index contributed by atoms with van der Waals surface area (Å²) >= 11 is 0. The molecule has 1 nitrogen and oxygen atoms in total. The maximum atomic E-state index is 9.35. The van der Waals surface area contributed by atoms with Gasteiger partial charge in [-0.3, -0.25) is 0 Å². The number of hydrogen-bond acceptors (Lipinski definition) is 1. The third-order valence-electron chi connectivity index (χ3n) is 3.63. The fraction of sp³-hybridized carbons (Fsp3) is 0.647. The van der Waals surface area contributed by atoms with Gasteiger partial charge in [-0.1, -0.05) is 57.9 Å². The number of phenolic OH excluding ortho intramolecular Hbond substituents is 1. The summed E-state index contributed by atoms with van der Waals surface area (Å²) in [6, 6.07) is 5.72. The molecule has 0 spiro atoms. The Labute approximate surface area is 112 Å². The van der Waals surface area contributed by atoms with E-state index in [0.29, 0.717) is 5.75 Å². The highest BCUT2D eigenvalue weighted by Gasteiger charge is 1.99. The van der Waals surface area contributed by atoms with E-state index in [1.54, 1.807) is 6.07 Å². The quantitative estimate of drug-likeness (QED) is 0.581. The van der Waals surface area contributed by atoms with Gasteiger partial charge >= 0.3 is 0 Å². The molecule has 18 heavy (non-hydrogen) atoms. The molecule has 0 amide bonds. The average molecular weight is 248 g/mol. The lowest BCUT2D eigenvalue weighted by molar-refractivity contribution is 0.474. The number of rotatable bonds is 9. The van der Waals surface area contributed by atoms with Crippen molar-refractivity contribution in [3.05, 3.63) is 29.3 Å². The molecule has 0 fully saturated rings. The highest BCUT2D eigenvalue weighted by molar-refractivity contribution is 5.33. The number of phenols is 1. The van der Waals surface area contributed by atoms with Crippen molar-refractivity contribution >= 4 is 0 Å². The molecule has 1 aromatic rings. The Bertz CT molecular complexity index is 330. The van der Waals surface area contributed by atoms with Gasteiger partial charge in [0.25, 0.3) is 0 Å². The van der Waals surface area contributed by atoms with E-state index in [4.69, 9.17) is 0 Å². The maximum Gasteiger partial charge on any atom is 0.115 e. The first-order chi connectivity index (χ1) is 8.74. The Balaban J connectivity index is 2.07. The number of benzene rings is 1. The van der Waals surface area contributed by atoms with Crippen LogP contribution in [0.3, 0.4) is 0 Å². The molecule has 1 aromatic carbocycles. The summed E-state index contributed by atoms with van der Waals surface area (Å²) in [5.74, 6) is 0.382. The van der Waals surface area contributed by atoms with Gasteiger partial charge in [-0.05, 0) is 43.0 Å². The van der Waals surface area contributed by atoms with Crippen molar-refractivity contribution in [3.8, 4) is 5.75 Å². The molecule has 0 aliphatic rings. The molecule has 0 atom stereocenters. The van der Waals surface area contributed by atoms with Gasteiger partial charge in [0.15, 0.2) is 0 Å². The Hall–Kier alpha value is -0.980. The van der Waals surface area contributed by atoms with Crippen LogP contribution >= 0.6 is 0 Å². The Morgan fingerprint density at radius 1 is 0.889 bits per heavy atom. The lowest BCUT2D eigenvalue weighted by Gasteiger charge is -2.06. The van der Waals surface area contributed by atoms with Crippen LogP contribution in [-0.4, -0.2) is 5.11 Å². The van der Waals surface area contributed by atoms with Crippen LogP contribution in [0.1, 0.15) is 69.4 Å². The zero-order valence-corrected chi connectivity index (χ0v) is 12.0. The number of unbranched alkanes of at least 4 members (excludes halogenated alkanes) is 7. The Morgan fingerprint density at radius 3 is 2.11 bits per heavy atom. The first kappa shape index (κ1) is 15.1. The standard InChI is InChI=1S/C17H28O/c1-3-4-5-6-7-8-9-10-11-16-12-13-17(18)14-15(16)2/h12-14,18H,3-11H2,1-2H3. The van der Waals surface area contributed by atoms with Gasteiger partial charge in [-0.2, -0.15) is 0 Å². The van der Waals surface area contributed by atoms with E-state index in [2.05, 4.69) is 19.9 Å². The summed E-state index contributed by atoms with van der Waals surface area (Å²) in [6.45, 7) is 4.35. The number of hydrogen-bond donors (Lipinski definition) is 1. The van der Waals surface area contributed by atoms with Crippen LogP contribution in [0.2, 0.25) is 0 Å². The van der Waals surface area contributed by atoms with Crippen molar-refractivity contribution in [1.29, 1.82) is 0 Å². The first-order valence-electron chi connectivity index (χ1n) is 7.52. The van der Waals surface area contributed by atoms with E-state index >= 15 is 0 Å². The summed E-state index contributed by atoms with van der Waals surface area (Å²) in [5, 5.41) is 9.35. The van der Waals surface area contributed by atoms with Gasteiger partial charge in [0.2, 0.25) is 0 Å². The van der Waals surface area contributed by atoms with Crippen LogP contribution in [0.25, 0.3) is 0 Å². The second kappa shape index (κ2) is 9.02. The van der Waals surface area contributed by atoms with Gasteiger partial charge < -0.3 is 5.11 Å². The molecule has 0 heterocycles. The van der Waals surface area contributed by atoms with Crippen molar-refractivity contribution < 1.29 is 5.11 Å². The summed E-state index contributed by atoms with van der Waals surface area (Å²) in [5.41, 5.74) is 2.61. The molecule has 1 rings (SSSR count). The normalized spacial score (nSPS) is 10.8. The lowest BCUT2D eigenvalue weighted by atomic mass is 10.0. The highest BCUT2D eigenvalue weighted by Crippen LogP contribution is 2.18. The van der Waals surface area contributed by atoms with Crippen molar-refractivity contribution in [2.24, 2.45) is 0 Å². The molecule has 0 bridgehead atoms. The molecule has 0 saturated heterocycles. The fourth-order valence-electron chi connectivity index (χ4n) is 2.41. The van der Waals surface area contributed by atoms with E-state index in [1.807, 2.05) is 6.07 Å². The second-order valence-electron chi connectivity index (χ2n) is 5.34. The predicted octanol–water partition coefficient (Wildman–Crippen LogP) is 5.38. The average Bonchev–Trinajstić information content (AvgIpc) is 2.35. The molecule has 1 N–H and O–H groups in total. The van der Waals surface area contributed by atoms with Gasteiger partial charge in [0.1, 0.15) is 5.75 Å². The van der Waals surface area contributed by atoms with Gasteiger partial charge in [0, 0.05) is 0 Å². The topological polar surface area (TPSA) is 20.2 Å². The fourth-order valence-corrected chi connectivity index (χ4v) is 2.41. The lowest BCUT2D eigenvalue weighted by Crippen LogP contribution is -1.90. The summed E-state index contributed by atoms with van der Waals surface area (Å²) < 4.78 is 0. The van der Waals surface area contributed by atoms with Crippen LogP contribution in [0.15, 0.2) is 18.2 Å². The van der Waals surface area contributed by atoms with Gasteiger partial charge in [-0.25, -0.2) is 0 Å². The molecule has 102 valence electrons. The van der Waals surface area contributed by atoms with E-state index < -0.39 is 0 Å². The van der Waals surface area contributed by atoms with Crippen LogP contribution in [0.4, 0.5) is 0 Å². The zero-order chi connectivity index (χ0) is 13.2. The van der Waals surface area contributed by atoms with E-state index in [9.17, 15) is 5.11 Å². The maximum absolute atomic E-state index is 9.35. The zero-order valence-electron chi connectivity index (χ0n) is 12.0. The third kappa shape index (κ3) is 6.09. The Morgan fingerprint density at radius 2 is 1.50 bits per heavy atom. The van der Waals surface area contributed by atoms with Crippen LogP contribution < -0.4 is 0 Å². The van der Waals surface area contributed by atoms with Crippen LogP contribution in [-0.2, 0) is 6.42 Å². The van der Waals surface area contributed by atoms with Gasteiger partial charge in [0.05, 0.1) is 0 Å². The van der Waals surface area contributed by atoms with Crippen LogP contribution in [0.5, 0.6) is 5.75 Å². The summed E-state index contributed by atoms with van der Waals surface area (Å²) in [6.07, 6.45) is 12.1. The van der Waals surface area contributed by atoms with Crippen molar-refractivity contribution in [2.75, 3.05) is 0 Å². The minimum Gasteiger partial charge on any atom is -0.508 e. The molecule has 0 aliphatic heterocycles. The van der Waals surface area contributed by atoms with Crippen molar-refractivity contribution in [3.63, 3.8) is 0 Å². The van der Waals surface area contributed by atoms with E-state index in [-0.39, 0.29) is 0 Å². The smallest absolute Gasteiger partial charge is 0.115 e. The minimum absolute atomic E-state index is 0.382. The number of aryl methyl sites for hydroxylation is 2. The molecular formula is C17H28O. The van der Waals surface area contributed by atoms with Crippen molar-refractivity contribution in [2.45, 2.75) is 71.6 Å². The summed E-state index contributed by atoms with van der Waals surface area (Å²) in [4.78, 5) is 0. The molecule has 0 aromatic heterocycles. The molecule has 0 saturated carbocycles. The first-order valence-corrected chi connectivity index (χ1v) is 7.52. The highest BCUT2D eigenvalue weighted by atomic mass is 16.3. The SMILES string of the molecule is CCCCCCCCCCc1ccc(O)cc1C. The predicted molar refractivity (Wildman–Crippen MR) is 79.2 cm³/mol. The largest absolute Gasteiger partial charge is 0.508 e. The number of aromatic hydroxyl groups is 1. The van der Waals surface area contributed by atoms with E-state index in [1.165, 1.54) is 62.5 Å².